The van der Waals surface area contributed by atoms with Gasteiger partial charge in [-0.3, -0.25) is 0 Å². The Morgan fingerprint density at radius 1 is 1.28 bits per heavy atom. The largest absolute Gasteiger partial charge is 0.503 e. The molecule has 5 nitrogen and oxygen atoms in total. The van der Waals surface area contributed by atoms with E-state index in [4.69, 9.17) is 19.7 Å². The second-order valence-corrected chi connectivity index (χ2v) is 3.57. The van der Waals surface area contributed by atoms with Crippen molar-refractivity contribution >= 4 is 12.1 Å². The molecule has 98 valence electrons. The van der Waals surface area contributed by atoms with Crippen LogP contribution in [-0.4, -0.2) is 22.3 Å². The molecule has 0 saturated heterocycles. The highest BCUT2D eigenvalue weighted by atomic mass is 16.6. The second kappa shape index (κ2) is 7.89. The molecule has 0 spiro atoms. The molecule has 0 aliphatic carbocycles. The maximum atomic E-state index is 11.1. The fourth-order valence-corrected chi connectivity index (χ4v) is 1.04. The summed E-state index contributed by atoms with van der Waals surface area (Å²) in [4.78, 5) is 19.7. The summed E-state index contributed by atoms with van der Waals surface area (Å²) >= 11 is 0. The first-order chi connectivity index (χ1) is 8.34. The third kappa shape index (κ3) is 7.05. The van der Waals surface area contributed by atoms with E-state index in [1.807, 2.05) is 31.2 Å². The molecule has 0 radical (unpaired) electrons. The molecule has 0 aliphatic heterocycles. The summed E-state index contributed by atoms with van der Waals surface area (Å²) < 4.78 is 5.03. The van der Waals surface area contributed by atoms with Gasteiger partial charge in [-0.15, -0.1) is 0 Å². The predicted octanol–water partition coefficient (Wildman–Crippen LogP) is 2.84. The lowest BCUT2D eigenvalue weighted by Gasteiger charge is -2.06. The van der Waals surface area contributed by atoms with Gasteiger partial charge in [0.15, 0.2) is 0 Å². The molecule has 0 aliphatic rings. The molecular weight excluding hydrogens is 236 g/mol. The molecule has 0 fully saturated rings. The van der Waals surface area contributed by atoms with Crippen LogP contribution < -0.4 is 0 Å². The standard InChI is InChI=1S/C12H14O2.CH2O3/c1-9(2)12(13)14-8-11-7-5-4-6-10(11)3;2-1(3)4/h4-7H,1,8H2,2-3H3;(H2,2,3,4). The van der Waals surface area contributed by atoms with E-state index in [-0.39, 0.29) is 5.97 Å². The molecule has 0 amide bonds. The Kier molecular flexibility index (Phi) is 6.88. The first kappa shape index (κ1) is 15.7. The van der Waals surface area contributed by atoms with Crippen molar-refractivity contribution in [3.05, 3.63) is 47.5 Å². The van der Waals surface area contributed by atoms with E-state index < -0.39 is 6.16 Å². The molecule has 0 bridgehead atoms. The summed E-state index contributed by atoms with van der Waals surface area (Å²) in [5, 5.41) is 13.9. The minimum Gasteiger partial charge on any atom is -0.457 e. The van der Waals surface area contributed by atoms with Gasteiger partial charge in [0, 0.05) is 5.57 Å². The SMILES string of the molecule is C=C(C)C(=O)OCc1ccccc1C.O=C(O)O. The van der Waals surface area contributed by atoms with E-state index in [1.165, 1.54) is 0 Å². The molecule has 0 unspecified atom stereocenters. The van der Waals surface area contributed by atoms with Crippen LogP contribution in [0.4, 0.5) is 4.79 Å². The minimum atomic E-state index is -1.83. The summed E-state index contributed by atoms with van der Waals surface area (Å²) in [6, 6.07) is 7.82. The number of benzene rings is 1. The van der Waals surface area contributed by atoms with Crippen molar-refractivity contribution in [2.75, 3.05) is 0 Å². The average Bonchev–Trinajstić information content (AvgIpc) is 2.26. The van der Waals surface area contributed by atoms with Crippen molar-refractivity contribution in [3.63, 3.8) is 0 Å². The lowest BCUT2D eigenvalue weighted by Crippen LogP contribution is -2.05. The summed E-state index contributed by atoms with van der Waals surface area (Å²) in [6.45, 7) is 7.46. The number of ether oxygens (including phenoxy) is 1. The molecule has 0 atom stereocenters. The number of hydrogen-bond donors (Lipinski definition) is 2. The fourth-order valence-electron chi connectivity index (χ4n) is 1.04. The normalized spacial score (nSPS) is 8.78. The van der Waals surface area contributed by atoms with Crippen molar-refractivity contribution in [2.24, 2.45) is 0 Å². The molecule has 1 aromatic rings. The Bertz CT molecular complexity index is 433. The molecule has 5 heteroatoms. The van der Waals surface area contributed by atoms with Crippen LogP contribution in [-0.2, 0) is 16.1 Å². The van der Waals surface area contributed by atoms with Gasteiger partial charge in [-0.1, -0.05) is 30.8 Å². The summed E-state index contributed by atoms with van der Waals surface area (Å²) in [6.07, 6.45) is -1.83. The lowest BCUT2D eigenvalue weighted by molar-refractivity contribution is -0.140. The van der Waals surface area contributed by atoms with Gasteiger partial charge in [-0.25, -0.2) is 9.59 Å². The van der Waals surface area contributed by atoms with Crippen LogP contribution in [0, 0.1) is 6.92 Å². The topological polar surface area (TPSA) is 83.8 Å². The first-order valence-corrected chi connectivity index (χ1v) is 5.13. The van der Waals surface area contributed by atoms with Gasteiger partial charge in [-0.05, 0) is 25.0 Å². The van der Waals surface area contributed by atoms with E-state index in [1.54, 1.807) is 6.92 Å². The zero-order valence-corrected chi connectivity index (χ0v) is 10.3. The van der Waals surface area contributed by atoms with Crippen LogP contribution in [0.2, 0.25) is 0 Å². The number of hydrogen-bond acceptors (Lipinski definition) is 3. The van der Waals surface area contributed by atoms with Gasteiger partial charge in [0.25, 0.3) is 0 Å². The highest BCUT2D eigenvalue weighted by Crippen LogP contribution is 2.09. The number of carbonyl (C=O) groups is 2. The Hall–Kier alpha value is -2.30. The quantitative estimate of drug-likeness (QED) is 0.638. The van der Waals surface area contributed by atoms with Crippen LogP contribution >= 0.6 is 0 Å². The van der Waals surface area contributed by atoms with Crippen molar-refractivity contribution in [3.8, 4) is 0 Å². The Morgan fingerprint density at radius 3 is 2.22 bits per heavy atom. The molecule has 0 aromatic heterocycles. The number of carbonyl (C=O) groups excluding carboxylic acids is 1. The van der Waals surface area contributed by atoms with Gasteiger partial charge in [0.05, 0.1) is 0 Å². The highest BCUT2D eigenvalue weighted by Gasteiger charge is 2.04. The van der Waals surface area contributed by atoms with E-state index in [2.05, 4.69) is 6.58 Å². The third-order valence-corrected chi connectivity index (χ3v) is 1.97. The van der Waals surface area contributed by atoms with Gasteiger partial charge < -0.3 is 14.9 Å². The second-order valence-electron chi connectivity index (χ2n) is 3.57. The maximum absolute atomic E-state index is 11.1. The first-order valence-electron chi connectivity index (χ1n) is 5.13. The third-order valence-electron chi connectivity index (χ3n) is 1.97. The van der Waals surface area contributed by atoms with Crippen LogP contribution in [0.25, 0.3) is 0 Å². The van der Waals surface area contributed by atoms with E-state index in [9.17, 15) is 4.79 Å². The van der Waals surface area contributed by atoms with Gasteiger partial charge in [0.2, 0.25) is 0 Å². The Labute approximate surface area is 105 Å². The van der Waals surface area contributed by atoms with Crippen molar-refractivity contribution in [2.45, 2.75) is 20.5 Å². The Balaban J connectivity index is 0.000000631. The van der Waals surface area contributed by atoms with Crippen molar-refractivity contribution < 1.29 is 24.5 Å². The lowest BCUT2D eigenvalue weighted by atomic mass is 10.1. The molecule has 0 saturated carbocycles. The molecule has 1 rings (SSSR count). The van der Waals surface area contributed by atoms with Crippen LogP contribution in [0.5, 0.6) is 0 Å². The van der Waals surface area contributed by atoms with Crippen LogP contribution in [0.3, 0.4) is 0 Å². The van der Waals surface area contributed by atoms with Gasteiger partial charge >= 0.3 is 12.1 Å². The zero-order chi connectivity index (χ0) is 14.1. The Morgan fingerprint density at radius 2 is 1.78 bits per heavy atom. The zero-order valence-electron chi connectivity index (χ0n) is 10.3. The highest BCUT2D eigenvalue weighted by molar-refractivity contribution is 5.86. The van der Waals surface area contributed by atoms with Crippen molar-refractivity contribution in [1.82, 2.24) is 0 Å². The van der Waals surface area contributed by atoms with Crippen LogP contribution in [0.1, 0.15) is 18.1 Å². The van der Waals surface area contributed by atoms with Crippen molar-refractivity contribution in [1.29, 1.82) is 0 Å². The number of esters is 1. The number of aryl methyl sites for hydroxylation is 1. The molecule has 18 heavy (non-hydrogen) atoms. The summed E-state index contributed by atoms with van der Waals surface area (Å²) in [5.74, 6) is -0.340. The molecule has 0 heterocycles. The number of rotatable bonds is 3. The molecule has 1 aromatic carbocycles. The van der Waals surface area contributed by atoms with Gasteiger partial charge in [0.1, 0.15) is 6.61 Å². The predicted molar refractivity (Wildman–Crippen MR) is 66.4 cm³/mol. The minimum absolute atomic E-state index is 0.318. The maximum Gasteiger partial charge on any atom is 0.503 e. The smallest absolute Gasteiger partial charge is 0.457 e. The van der Waals surface area contributed by atoms with Gasteiger partial charge in [-0.2, -0.15) is 0 Å². The van der Waals surface area contributed by atoms with E-state index in [0.29, 0.717) is 12.2 Å². The fraction of sp³-hybridized carbons (Fsp3) is 0.231. The van der Waals surface area contributed by atoms with E-state index in [0.717, 1.165) is 11.1 Å². The van der Waals surface area contributed by atoms with Crippen LogP contribution in [0.15, 0.2) is 36.4 Å². The summed E-state index contributed by atoms with van der Waals surface area (Å²) in [7, 11) is 0. The van der Waals surface area contributed by atoms with E-state index >= 15 is 0 Å². The average molecular weight is 252 g/mol. The molecule has 2 N–H and O–H groups in total. The molecular formula is C13H16O5. The number of carboxylic acid groups (broad SMARTS) is 2. The monoisotopic (exact) mass is 252 g/mol. The summed E-state index contributed by atoms with van der Waals surface area (Å²) in [5.41, 5.74) is 2.59.